The van der Waals surface area contributed by atoms with Crippen LogP contribution in [0.2, 0.25) is 0 Å². The minimum atomic E-state index is -0.419. The van der Waals surface area contributed by atoms with E-state index in [9.17, 15) is 14.9 Å². The number of ether oxygens (including phenoxy) is 2. The van der Waals surface area contributed by atoms with Crippen LogP contribution in [0.5, 0.6) is 5.75 Å². The minimum absolute atomic E-state index is 0.00710. The number of hydrogen-bond donors (Lipinski definition) is 1. The smallest absolute Gasteiger partial charge is 0.293 e. The first kappa shape index (κ1) is 19.3. The topological polar surface area (TPSA) is 106 Å². The molecule has 0 unspecified atom stereocenters. The van der Waals surface area contributed by atoms with E-state index in [-0.39, 0.29) is 5.69 Å². The van der Waals surface area contributed by atoms with Gasteiger partial charge in [-0.25, -0.2) is 5.43 Å². The number of nitrogens with zero attached hydrogens (tertiary/aromatic N) is 3. The third kappa shape index (κ3) is 4.63. The van der Waals surface area contributed by atoms with Crippen molar-refractivity contribution in [3.63, 3.8) is 0 Å². The number of rotatable bonds is 6. The fraction of sp³-hybridized carbons (Fsp3) is 0.263. The quantitative estimate of drug-likeness (QED) is 0.465. The number of morpholine rings is 1. The highest BCUT2D eigenvalue weighted by atomic mass is 16.6. The largest absolute Gasteiger partial charge is 0.497 e. The molecule has 146 valence electrons. The summed E-state index contributed by atoms with van der Waals surface area (Å²) in [5.74, 6) is 0.256. The third-order valence-corrected chi connectivity index (χ3v) is 4.28. The van der Waals surface area contributed by atoms with E-state index in [0.717, 1.165) is 0 Å². The van der Waals surface area contributed by atoms with Gasteiger partial charge in [0.1, 0.15) is 11.4 Å². The lowest BCUT2D eigenvalue weighted by atomic mass is 10.1. The number of amides is 1. The van der Waals surface area contributed by atoms with E-state index in [1.54, 1.807) is 43.5 Å². The Bertz CT molecular complexity index is 876. The fourth-order valence-electron chi connectivity index (χ4n) is 2.81. The molecule has 1 aliphatic rings. The Kier molecular flexibility index (Phi) is 6.18. The molecule has 0 saturated carbocycles. The van der Waals surface area contributed by atoms with E-state index < -0.39 is 10.8 Å². The summed E-state index contributed by atoms with van der Waals surface area (Å²) in [7, 11) is 1.54. The molecule has 0 spiro atoms. The predicted octanol–water partition coefficient (Wildman–Crippen LogP) is 2.20. The van der Waals surface area contributed by atoms with Crippen LogP contribution in [0.4, 0.5) is 11.4 Å². The number of carbonyl (C=O) groups excluding carboxylic acids is 1. The number of benzene rings is 2. The summed E-state index contributed by atoms with van der Waals surface area (Å²) in [5, 5.41) is 15.4. The molecule has 1 aliphatic heterocycles. The van der Waals surface area contributed by atoms with Gasteiger partial charge in [-0.1, -0.05) is 6.07 Å². The number of nitro groups is 1. The van der Waals surface area contributed by atoms with Gasteiger partial charge < -0.3 is 14.4 Å². The van der Waals surface area contributed by atoms with Gasteiger partial charge >= 0.3 is 0 Å². The minimum Gasteiger partial charge on any atom is -0.497 e. The fourth-order valence-corrected chi connectivity index (χ4v) is 2.81. The number of nitro benzene ring substituents is 1. The van der Waals surface area contributed by atoms with Crippen LogP contribution in [0.3, 0.4) is 0 Å². The van der Waals surface area contributed by atoms with E-state index in [1.165, 1.54) is 12.3 Å². The molecule has 1 fully saturated rings. The van der Waals surface area contributed by atoms with Crippen molar-refractivity contribution in [3.8, 4) is 5.75 Å². The Balaban J connectivity index is 1.69. The van der Waals surface area contributed by atoms with Gasteiger partial charge in [-0.3, -0.25) is 14.9 Å². The molecule has 0 bridgehead atoms. The highest BCUT2D eigenvalue weighted by Gasteiger charge is 2.21. The van der Waals surface area contributed by atoms with E-state index >= 15 is 0 Å². The van der Waals surface area contributed by atoms with Crippen LogP contribution in [0, 0.1) is 10.1 Å². The van der Waals surface area contributed by atoms with E-state index in [2.05, 4.69) is 10.5 Å². The average Bonchev–Trinajstić information content (AvgIpc) is 2.74. The standard InChI is InChI=1S/C19H20N4O5/c1-27-16-5-3-15(4-6-16)19(24)21-20-13-14-2-7-17(18(12-14)23(25)26)22-8-10-28-11-9-22/h2-7,12-13H,8-11H2,1H3,(H,21,24). The molecule has 9 nitrogen and oxygen atoms in total. The second-order valence-corrected chi connectivity index (χ2v) is 6.03. The van der Waals surface area contributed by atoms with Gasteiger partial charge in [-0.05, 0) is 30.3 Å². The Hall–Kier alpha value is -3.46. The summed E-state index contributed by atoms with van der Waals surface area (Å²) in [6.07, 6.45) is 1.37. The lowest BCUT2D eigenvalue weighted by molar-refractivity contribution is -0.384. The molecule has 2 aromatic carbocycles. The third-order valence-electron chi connectivity index (χ3n) is 4.28. The number of methoxy groups -OCH3 is 1. The van der Waals surface area contributed by atoms with Crippen molar-refractivity contribution >= 4 is 23.5 Å². The van der Waals surface area contributed by atoms with Crippen molar-refractivity contribution in [1.82, 2.24) is 5.43 Å². The van der Waals surface area contributed by atoms with E-state index in [0.29, 0.717) is 48.9 Å². The zero-order valence-corrected chi connectivity index (χ0v) is 15.3. The molecular weight excluding hydrogens is 364 g/mol. The molecule has 28 heavy (non-hydrogen) atoms. The molecule has 1 amide bonds. The average molecular weight is 384 g/mol. The maximum absolute atomic E-state index is 12.1. The first-order chi connectivity index (χ1) is 13.6. The molecule has 9 heteroatoms. The summed E-state index contributed by atoms with van der Waals surface area (Å²) in [4.78, 5) is 25.0. The second kappa shape index (κ2) is 8.96. The molecule has 1 N–H and O–H groups in total. The van der Waals surface area contributed by atoms with E-state index in [4.69, 9.17) is 9.47 Å². The first-order valence-corrected chi connectivity index (χ1v) is 8.67. The highest BCUT2D eigenvalue weighted by Crippen LogP contribution is 2.29. The van der Waals surface area contributed by atoms with Gasteiger partial charge in [-0.2, -0.15) is 5.10 Å². The molecule has 2 aromatic rings. The molecule has 0 aliphatic carbocycles. The number of carbonyl (C=O) groups is 1. The summed E-state index contributed by atoms with van der Waals surface area (Å²) in [5.41, 5.74) is 3.88. The number of hydrazone groups is 1. The van der Waals surface area contributed by atoms with Crippen molar-refractivity contribution in [2.45, 2.75) is 0 Å². The van der Waals surface area contributed by atoms with Crippen LogP contribution >= 0.6 is 0 Å². The van der Waals surface area contributed by atoms with Gasteiger partial charge in [0, 0.05) is 30.3 Å². The van der Waals surface area contributed by atoms with Crippen LogP contribution in [0.25, 0.3) is 0 Å². The lowest BCUT2D eigenvalue weighted by Gasteiger charge is -2.28. The van der Waals surface area contributed by atoms with Gasteiger partial charge in [0.2, 0.25) is 0 Å². The van der Waals surface area contributed by atoms with Crippen LogP contribution in [-0.4, -0.2) is 50.5 Å². The zero-order valence-electron chi connectivity index (χ0n) is 15.3. The second-order valence-electron chi connectivity index (χ2n) is 6.03. The van der Waals surface area contributed by atoms with Crippen LogP contribution < -0.4 is 15.1 Å². The van der Waals surface area contributed by atoms with Crippen LogP contribution in [0.1, 0.15) is 15.9 Å². The van der Waals surface area contributed by atoms with Gasteiger partial charge in [0.05, 0.1) is 31.5 Å². The molecule has 1 saturated heterocycles. The molecular formula is C19H20N4O5. The van der Waals surface area contributed by atoms with Crippen molar-refractivity contribution in [2.75, 3.05) is 38.3 Å². The maximum Gasteiger partial charge on any atom is 0.293 e. The van der Waals surface area contributed by atoms with Crippen molar-refractivity contribution in [1.29, 1.82) is 0 Å². The lowest BCUT2D eigenvalue weighted by Crippen LogP contribution is -2.36. The number of hydrogen-bond acceptors (Lipinski definition) is 7. The van der Waals surface area contributed by atoms with Gasteiger partial charge in [0.15, 0.2) is 0 Å². The Morgan fingerprint density at radius 3 is 2.61 bits per heavy atom. The van der Waals surface area contributed by atoms with Crippen LogP contribution in [-0.2, 0) is 4.74 Å². The van der Waals surface area contributed by atoms with Gasteiger partial charge in [0.25, 0.3) is 11.6 Å². The molecule has 0 radical (unpaired) electrons. The first-order valence-electron chi connectivity index (χ1n) is 8.67. The van der Waals surface area contributed by atoms with Crippen molar-refractivity contribution in [3.05, 3.63) is 63.7 Å². The molecule has 3 rings (SSSR count). The normalized spacial score (nSPS) is 14.1. The molecule has 0 atom stereocenters. The molecule has 0 aromatic heterocycles. The van der Waals surface area contributed by atoms with Crippen molar-refractivity contribution < 1.29 is 19.2 Å². The summed E-state index contributed by atoms with van der Waals surface area (Å²) in [6.45, 7) is 2.29. The zero-order chi connectivity index (χ0) is 19.9. The summed E-state index contributed by atoms with van der Waals surface area (Å²) < 4.78 is 10.3. The SMILES string of the molecule is COc1ccc(C(=O)NN=Cc2ccc(N3CCOCC3)c([N+](=O)[O-])c2)cc1. The van der Waals surface area contributed by atoms with Crippen LogP contribution in [0.15, 0.2) is 47.6 Å². The predicted molar refractivity (Wildman–Crippen MR) is 104 cm³/mol. The Morgan fingerprint density at radius 2 is 1.96 bits per heavy atom. The number of anilines is 1. The highest BCUT2D eigenvalue weighted by molar-refractivity contribution is 5.95. The number of nitrogens with one attached hydrogen (secondary N) is 1. The monoisotopic (exact) mass is 384 g/mol. The summed E-state index contributed by atoms with van der Waals surface area (Å²) >= 11 is 0. The Labute approximate surface area is 161 Å². The van der Waals surface area contributed by atoms with Crippen molar-refractivity contribution in [2.24, 2.45) is 5.10 Å². The molecule has 1 heterocycles. The van der Waals surface area contributed by atoms with Gasteiger partial charge in [-0.15, -0.1) is 0 Å². The summed E-state index contributed by atoms with van der Waals surface area (Å²) in [6, 6.07) is 11.4. The Morgan fingerprint density at radius 1 is 1.25 bits per heavy atom. The maximum atomic E-state index is 12.1. The van der Waals surface area contributed by atoms with E-state index in [1.807, 2.05) is 4.90 Å².